The molecule has 0 aliphatic carbocycles. The first kappa shape index (κ1) is 50.9. The molecule has 8 amide bonds. The molecule has 0 radical (unpaired) electrons. The molecule has 0 aromatic heterocycles. The van der Waals surface area contributed by atoms with Gasteiger partial charge in [-0.05, 0) is 37.6 Å². The van der Waals surface area contributed by atoms with Gasteiger partial charge in [-0.25, -0.2) is 9.79 Å². The van der Waals surface area contributed by atoms with Gasteiger partial charge in [0.2, 0.25) is 29.5 Å². The minimum Gasteiger partial charge on any atom is -0.480 e. The highest BCUT2D eigenvalue weighted by atomic mass is 35.5. The number of hydrogen-bond acceptors (Lipinski definition) is 17. The number of halogens is 2. The van der Waals surface area contributed by atoms with Crippen molar-refractivity contribution in [1.82, 2.24) is 47.9 Å². The minimum atomic E-state index is -1.86. The van der Waals surface area contributed by atoms with Crippen molar-refractivity contribution in [2.75, 3.05) is 37.4 Å². The van der Waals surface area contributed by atoms with Crippen LogP contribution >= 0.6 is 35.8 Å². The van der Waals surface area contributed by atoms with Gasteiger partial charge in [0.1, 0.15) is 42.1 Å². The molecule has 2 aliphatic heterocycles. The van der Waals surface area contributed by atoms with Gasteiger partial charge in [0.25, 0.3) is 5.91 Å². The number of aliphatic hydroxyl groups excluding tert-OH is 2. The van der Waals surface area contributed by atoms with Gasteiger partial charge in [-0.1, -0.05) is 23.2 Å². The Morgan fingerprint density at radius 2 is 1.65 bits per heavy atom. The van der Waals surface area contributed by atoms with Crippen LogP contribution in [0.1, 0.15) is 25.7 Å². The van der Waals surface area contributed by atoms with E-state index < -0.39 is 121 Å². The molecule has 0 bridgehead atoms. The van der Waals surface area contributed by atoms with Gasteiger partial charge >= 0.3 is 12.0 Å². The normalized spacial score (nSPS) is 24.4. The second-order valence-electron chi connectivity index (χ2n) is 13.7. The topological polar surface area (TPSA) is 408 Å². The molecule has 62 heavy (non-hydrogen) atoms. The van der Waals surface area contributed by atoms with Crippen molar-refractivity contribution >= 4 is 94.9 Å². The number of aliphatic hydroxyl groups is 2. The van der Waals surface area contributed by atoms with Crippen molar-refractivity contribution in [2.45, 2.75) is 74.1 Å². The molecule has 2 aliphatic rings. The quantitative estimate of drug-likeness (QED) is 0.0576. The molecular weight excluding hydrogens is 883 g/mol. The van der Waals surface area contributed by atoms with Crippen LogP contribution in [0.15, 0.2) is 35.1 Å². The molecular formula is C34H50Cl2N14O11S. The number of nitrogens with one attached hydrogen (secondary N) is 10. The number of guanidine groups is 1. The Bertz CT molecular complexity index is 1900. The number of anilines is 1. The summed E-state index contributed by atoms with van der Waals surface area (Å²) in [7, 11) is 0. The van der Waals surface area contributed by atoms with E-state index in [9.17, 15) is 53.7 Å². The van der Waals surface area contributed by atoms with Gasteiger partial charge in [-0.2, -0.15) is 12.6 Å². The molecule has 0 saturated carbocycles. The number of rotatable bonds is 15. The summed E-state index contributed by atoms with van der Waals surface area (Å²) in [6, 6.07) is -7.05. The minimum absolute atomic E-state index is 0.0937. The Kier molecular flexibility index (Phi) is 20.4. The maximum atomic E-state index is 14.2. The van der Waals surface area contributed by atoms with E-state index in [0.29, 0.717) is 25.6 Å². The van der Waals surface area contributed by atoms with E-state index >= 15 is 0 Å². The van der Waals surface area contributed by atoms with Crippen LogP contribution in [0, 0.1) is 0 Å². The van der Waals surface area contributed by atoms with Gasteiger partial charge < -0.3 is 80.4 Å². The molecule has 1 saturated heterocycles. The van der Waals surface area contributed by atoms with Crippen LogP contribution in [-0.2, 0) is 33.6 Å². The zero-order valence-corrected chi connectivity index (χ0v) is 35.2. The van der Waals surface area contributed by atoms with Gasteiger partial charge in [0.05, 0.1) is 29.3 Å². The third-order valence-corrected chi connectivity index (χ3v) is 10.1. The molecule has 2 heterocycles. The third kappa shape index (κ3) is 15.8. The van der Waals surface area contributed by atoms with Crippen molar-refractivity contribution < 1.29 is 53.7 Å². The number of aliphatic carboxylic acids is 1. The lowest BCUT2D eigenvalue weighted by Crippen LogP contribution is -2.65. The SMILES string of the molecule is NCCC[C@H](N)CC(=O)NC1CNC(=O)[C@@H](C2CC(N[C@H](CS)C(=O)O)N=C(N)N2)NC(=O)/C(=C/NC(=O)Nc2ccc(Cl)c(Cl)c2)NC(=O)[C@@H](CO)NC(=O)[C@@H](CO)NC1=O. The highest BCUT2D eigenvalue weighted by Gasteiger charge is 2.38. The lowest BCUT2D eigenvalue weighted by Gasteiger charge is -2.35. The van der Waals surface area contributed by atoms with E-state index in [1.165, 1.54) is 18.2 Å². The van der Waals surface area contributed by atoms with Crippen LogP contribution < -0.4 is 70.4 Å². The summed E-state index contributed by atoms with van der Waals surface area (Å²) in [5, 5.41) is 53.9. The number of nitrogens with zero attached hydrogens (tertiary/aromatic N) is 1. The predicted molar refractivity (Wildman–Crippen MR) is 226 cm³/mol. The van der Waals surface area contributed by atoms with Crippen molar-refractivity contribution in [2.24, 2.45) is 22.2 Å². The van der Waals surface area contributed by atoms with E-state index in [1.54, 1.807) is 0 Å². The first-order valence-corrected chi connectivity index (χ1v) is 20.2. The monoisotopic (exact) mass is 932 g/mol. The molecule has 28 heteroatoms. The summed E-state index contributed by atoms with van der Waals surface area (Å²) in [6.07, 6.45) is -0.0287. The number of hydrogen-bond donors (Lipinski definition) is 17. The lowest BCUT2D eigenvalue weighted by atomic mass is 9.99. The second-order valence-corrected chi connectivity index (χ2v) is 14.9. The van der Waals surface area contributed by atoms with Gasteiger partial charge in [-0.15, -0.1) is 0 Å². The van der Waals surface area contributed by atoms with Crippen molar-refractivity contribution in [1.29, 1.82) is 0 Å². The van der Waals surface area contributed by atoms with Crippen LogP contribution in [-0.4, -0.2) is 149 Å². The maximum absolute atomic E-state index is 14.2. The van der Waals surface area contributed by atoms with Crippen LogP contribution in [0.2, 0.25) is 10.0 Å². The maximum Gasteiger partial charge on any atom is 0.323 e. The number of benzene rings is 1. The van der Waals surface area contributed by atoms with E-state index in [0.717, 1.165) is 0 Å². The van der Waals surface area contributed by atoms with Crippen LogP contribution in [0.5, 0.6) is 0 Å². The average Bonchev–Trinajstić information content (AvgIpc) is 3.22. The fourth-order valence-corrected chi connectivity index (χ4v) is 6.32. The number of nitrogens with two attached hydrogens (primary N) is 3. The molecule has 0 spiro atoms. The van der Waals surface area contributed by atoms with Crippen LogP contribution in [0.25, 0.3) is 0 Å². The van der Waals surface area contributed by atoms with E-state index in [4.69, 9.17) is 40.4 Å². The number of carboxylic acids is 1. The molecule has 3 unspecified atom stereocenters. The zero-order valence-electron chi connectivity index (χ0n) is 32.8. The summed E-state index contributed by atoms with van der Waals surface area (Å²) < 4.78 is 0. The Morgan fingerprint density at radius 3 is 2.27 bits per heavy atom. The lowest BCUT2D eigenvalue weighted by molar-refractivity contribution is -0.139. The van der Waals surface area contributed by atoms with Gasteiger partial charge in [0, 0.05) is 43.1 Å². The summed E-state index contributed by atoms with van der Waals surface area (Å²) in [5.74, 6) is -8.38. The Morgan fingerprint density at radius 1 is 0.968 bits per heavy atom. The molecule has 19 N–H and O–H groups in total. The average molecular weight is 934 g/mol. The summed E-state index contributed by atoms with van der Waals surface area (Å²) in [6.45, 7) is -2.55. The Balaban J connectivity index is 2.08. The molecule has 25 nitrogen and oxygen atoms in total. The summed E-state index contributed by atoms with van der Waals surface area (Å²) in [5.41, 5.74) is 17.0. The fraction of sp³-hybridized carbons (Fsp3) is 0.500. The fourth-order valence-electron chi connectivity index (χ4n) is 5.76. The summed E-state index contributed by atoms with van der Waals surface area (Å²) >= 11 is 16.0. The first-order valence-electron chi connectivity index (χ1n) is 18.8. The molecule has 1 aromatic carbocycles. The molecule has 3 rings (SSSR count). The highest BCUT2D eigenvalue weighted by molar-refractivity contribution is 7.80. The Hall–Kier alpha value is -5.48. The summed E-state index contributed by atoms with van der Waals surface area (Å²) in [4.78, 5) is 110. The third-order valence-electron chi connectivity index (χ3n) is 8.97. The number of thiol groups is 1. The smallest absolute Gasteiger partial charge is 0.323 e. The zero-order chi connectivity index (χ0) is 46.1. The predicted octanol–water partition coefficient (Wildman–Crippen LogP) is -5.44. The van der Waals surface area contributed by atoms with E-state index in [2.05, 4.69) is 70.8 Å². The number of carbonyl (C=O) groups excluding carboxylic acids is 7. The van der Waals surface area contributed by atoms with E-state index in [-0.39, 0.29) is 40.3 Å². The van der Waals surface area contributed by atoms with Crippen LogP contribution in [0.3, 0.4) is 0 Å². The molecule has 8 atom stereocenters. The van der Waals surface area contributed by atoms with Gasteiger partial charge in [0.15, 0.2) is 5.96 Å². The van der Waals surface area contributed by atoms with Gasteiger partial charge in [-0.3, -0.25) is 38.9 Å². The molecule has 342 valence electrons. The number of urea groups is 1. The largest absolute Gasteiger partial charge is 0.480 e. The van der Waals surface area contributed by atoms with Crippen molar-refractivity contribution in [3.8, 4) is 0 Å². The molecule has 1 fully saturated rings. The van der Waals surface area contributed by atoms with Crippen molar-refractivity contribution in [3.05, 3.63) is 40.1 Å². The standard InChI is InChI=1S/C34H50Cl2N14O11S/c35-16-4-3-15(7-17(16)36)42-34(61)41-10-20-28(55)50-26(18-8-24(49-33(39)48-18)43-23(13-62)32(59)60)31(58)40-9-19(44-25(53)6-14(38)2-1-5-37)27(54)46-22(12-52)30(57)47-21(11-51)29(56)45-20/h3-4,7,10,14,18-19,21-24,26,43,51-52,62H,1-2,5-6,8-9,11-13,37-38H2,(H,40,58)(H,44,53)(H,45,56)(H,46,54)(H,47,57)(H,50,55)(H,59,60)(H3,39,48,49)(H2,41,42,61)/b20-10-/t14-,18?,19?,21+,22+,23+,24?,26+/m0/s1. The number of carboxylic acid groups (broad SMARTS) is 1. The van der Waals surface area contributed by atoms with E-state index in [1.807, 2.05) is 0 Å². The number of amides is 8. The molecule has 1 aromatic rings. The highest BCUT2D eigenvalue weighted by Crippen LogP contribution is 2.25. The first-order chi connectivity index (χ1) is 29.4. The Labute approximate surface area is 369 Å². The number of carbonyl (C=O) groups is 8. The second kappa shape index (κ2) is 24.8. The number of aliphatic imine (C=N–C) groups is 1. The van der Waals surface area contributed by atoms with Crippen molar-refractivity contribution in [3.63, 3.8) is 0 Å². The van der Waals surface area contributed by atoms with Crippen LogP contribution in [0.4, 0.5) is 10.5 Å².